The summed E-state index contributed by atoms with van der Waals surface area (Å²) in [6, 6.07) is 6.61. The molecule has 32 heavy (non-hydrogen) atoms. The molecule has 0 aliphatic rings. The normalized spacial score (nSPS) is 10.8. The molecule has 0 aliphatic carbocycles. The van der Waals surface area contributed by atoms with Gasteiger partial charge in [-0.1, -0.05) is 83.3 Å². The van der Waals surface area contributed by atoms with Crippen molar-refractivity contribution in [3.8, 4) is 0 Å². The van der Waals surface area contributed by atoms with Gasteiger partial charge in [-0.2, -0.15) is 5.10 Å². The van der Waals surface area contributed by atoms with E-state index in [0.717, 1.165) is 24.8 Å². The number of esters is 1. The quantitative estimate of drug-likeness (QED) is 0.157. The summed E-state index contributed by atoms with van der Waals surface area (Å²) in [4.78, 5) is 35.0. The van der Waals surface area contributed by atoms with Crippen molar-refractivity contribution in [2.45, 2.75) is 84.0 Å². The number of hydrogen-bond acceptors (Lipinski definition) is 5. The summed E-state index contributed by atoms with van der Waals surface area (Å²) in [6.07, 6.45) is 15.5. The van der Waals surface area contributed by atoms with Gasteiger partial charge in [0, 0.05) is 6.42 Å². The van der Waals surface area contributed by atoms with E-state index < -0.39 is 5.97 Å². The molecule has 0 aromatic heterocycles. The smallest absolute Gasteiger partial charge is 0.337 e. The van der Waals surface area contributed by atoms with Gasteiger partial charge in [0.15, 0.2) is 0 Å². The van der Waals surface area contributed by atoms with E-state index in [0.29, 0.717) is 12.0 Å². The molecule has 0 aliphatic heterocycles. The van der Waals surface area contributed by atoms with Crippen LogP contribution in [0, 0.1) is 0 Å². The van der Waals surface area contributed by atoms with Crippen LogP contribution in [0.5, 0.6) is 0 Å². The molecule has 7 heteroatoms. The number of hydrogen-bond donors (Lipinski definition) is 2. The maximum absolute atomic E-state index is 11.8. The van der Waals surface area contributed by atoms with Gasteiger partial charge >= 0.3 is 5.97 Å². The molecule has 0 fully saturated rings. The number of methoxy groups -OCH3 is 1. The van der Waals surface area contributed by atoms with Crippen molar-refractivity contribution < 1.29 is 19.1 Å². The van der Waals surface area contributed by atoms with Gasteiger partial charge in [-0.25, -0.2) is 10.2 Å². The Morgan fingerprint density at radius 3 is 1.97 bits per heavy atom. The Hall–Kier alpha value is -2.70. The number of hydrazone groups is 1. The third kappa shape index (κ3) is 13.6. The maximum Gasteiger partial charge on any atom is 0.337 e. The molecule has 2 amide bonds. The summed E-state index contributed by atoms with van der Waals surface area (Å²) in [5, 5.41) is 6.47. The van der Waals surface area contributed by atoms with E-state index in [1.165, 1.54) is 64.7 Å². The second-order valence-electron chi connectivity index (χ2n) is 7.97. The Morgan fingerprint density at radius 1 is 0.844 bits per heavy atom. The predicted molar refractivity (Wildman–Crippen MR) is 128 cm³/mol. The largest absolute Gasteiger partial charge is 0.465 e. The number of nitrogens with one attached hydrogen (secondary N) is 2. The molecule has 1 rings (SSSR count). The first kappa shape index (κ1) is 27.3. The number of nitrogens with zero attached hydrogens (tertiary/aromatic N) is 1. The van der Waals surface area contributed by atoms with Gasteiger partial charge in [-0.05, 0) is 24.1 Å². The monoisotopic (exact) mass is 445 g/mol. The van der Waals surface area contributed by atoms with Crippen molar-refractivity contribution >= 4 is 24.0 Å². The topological polar surface area (TPSA) is 96.9 Å². The van der Waals surface area contributed by atoms with Gasteiger partial charge in [0.25, 0.3) is 5.91 Å². The lowest BCUT2D eigenvalue weighted by molar-refractivity contribution is -0.126. The second kappa shape index (κ2) is 17.9. The zero-order chi connectivity index (χ0) is 23.4. The van der Waals surface area contributed by atoms with E-state index in [2.05, 4.69) is 27.5 Å². The van der Waals surface area contributed by atoms with Crippen molar-refractivity contribution in [3.63, 3.8) is 0 Å². The van der Waals surface area contributed by atoms with Gasteiger partial charge in [0.05, 0.1) is 25.4 Å². The fourth-order valence-corrected chi connectivity index (χ4v) is 3.26. The third-order valence-corrected chi connectivity index (χ3v) is 5.19. The van der Waals surface area contributed by atoms with Gasteiger partial charge in [0.2, 0.25) is 5.91 Å². The molecule has 178 valence electrons. The zero-order valence-corrected chi connectivity index (χ0v) is 19.7. The summed E-state index contributed by atoms with van der Waals surface area (Å²) in [6.45, 7) is 2.14. The third-order valence-electron chi connectivity index (χ3n) is 5.19. The summed E-state index contributed by atoms with van der Waals surface area (Å²) >= 11 is 0. The van der Waals surface area contributed by atoms with Gasteiger partial charge in [-0.15, -0.1) is 0 Å². The highest BCUT2D eigenvalue weighted by atomic mass is 16.5. The van der Waals surface area contributed by atoms with Crippen LogP contribution in [0.4, 0.5) is 0 Å². The Labute approximate surface area is 192 Å². The van der Waals surface area contributed by atoms with E-state index in [1.807, 2.05) is 0 Å². The van der Waals surface area contributed by atoms with Gasteiger partial charge < -0.3 is 10.1 Å². The van der Waals surface area contributed by atoms with Crippen LogP contribution in [0.25, 0.3) is 0 Å². The van der Waals surface area contributed by atoms with Crippen molar-refractivity contribution in [1.82, 2.24) is 10.7 Å². The van der Waals surface area contributed by atoms with Crippen molar-refractivity contribution in [2.75, 3.05) is 13.7 Å². The first-order chi connectivity index (χ1) is 15.6. The molecule has 1 aromatic carbocycles. The lowest BCUT2D eigenvalue weighted by Crippen LogP contribution is -2.34. The number of carbonyl (C=O) groups is 3. The van der Waals surface area contributed by atoms with Gasteiger partial charge in [0.1, 0.15) is 0 Å². The average molecular weight is 446 g/mol. The first-order valence-electron chi connectivity index (χ1n) is 11.8. The molecule has 0 unspecified atom stereocenters. The van der Waals surface area contributed by atoms with Crippen molar-refractivity contribution in [3.05, 3.63) is 35.4 Å². The molecule has 2 N–H and O–H groups in total. The Bertz CT molecular complexity index is 702. The molecule has 0 atom stereocenters. The van der Waals surface area contributed by atoms with Crippen LogP contribution in [0.3, 0.4) is 0 Å². The highest BCUT2D eigenvalue weighted by Gasteiger charge is 2.05. The summed E-state index contributed by atoms with van der Waals surface area (Å²) in [7, 11) is 1.32. The number of carbonyl (C=O) groups excluding carboxylic acids is 3. The number of unbranched alkanes of at least 4 members (excludes halogenated alkanes) is 10. The summed E-state index contributed by atoms with van der Waals surface area (Å²) in [5.74, 6) is -0.913. The van der Waals surface area contributed by atoms with E-state index in [-0.39, 0.29) is 18.4 Å². The van der Waals surface area contributed by atoms with Crippen LogP contribution in [-0.2, 0) is 14.3 Å². The fraction of sp³-hybridized carbons (Fsp3) is 0.600. The lowest BCUT2D eigenvalue weighted by atomic mass is 10.1. The minimum Gasteiger partial charge on any atom is -0.465 e. The van der Waals surface area contributed by atoms with Crippen LogP contribution in [-0.4, -0.2) is 37.7 Å². The van der Waals surface area contributed by atoms with E-state index in [1.54, 1.807) is 24.3 Å². The predicted octanol–water partition coefficient (Wildman–Crippen LogP) is 4.74. The Balaban J connectivity index is 2.04. The molecule has 7 nitrogen and oxygen atoms in total. The average Bonchev–Trinajstić information content (AvgIpc) is 2.81. The lowest BCUT2D eigenvalue weighted by Gasteiger charge is -2.05. The molecule has 0 heterocycles. The van der Waals surface area contributed by atoms with Crippen LogP contribution < -0.4 is 10.7 Å². The maximum atomic E-state index is 11.8. The minimum atomic E-state index is -0.411. The molecule has 0 radical (unpaired) electrons. The van der Waals surface area contributed by atoms with Gasteiger partial charge in [-0.3, -0.25) is 9.59 Å². The fourth-order valence-electron chi connectivity index (χ4n) is 3.26. The molecular weight excluding hydrogens is 406 g/mol. The number of ether oxygens (including phenoxy) is 1. The molecule has 1 aromatic rings. The van der Waals surface area contributed by atoms with Crippen LogP contribution >= 0.6 is 0 Å². The zero-order valence-electron chi connectivity index (χ0n) is 19.7. The Kier molecular flexibility index (Phi) is 15.3. The first-order valence-corrected chi connectivity index (χ1v) is 11.8. The molecule has 0 spiro atoms. The van der Waals surface area contributed by atoms with E-state index in [9.17, 15) is 14.4 Å². The van der Waals surface area contributed by atoms with Crippen LogP contribution in [0.15, 0.2) is 29.4 Å². The highest BCUT2D eigenvalue weighted by molar-refractivity contribution is 5.91. The molecular formula is C25H39N3O4. The number of benzene rings is 1. The number of rotatable bonds is 17. The van der Waals surface area contributed by atoms with Crippen LogP contribution in [0.2, 0.25) is 0 Å². The SMILES string of the molecule is CCCCCCCCCCCCCC(=O)NCC(=O)NN=Cc1ccc(C(=O)OC)cc1. The molecule has 0 saturated heterocycles. The van der Waals surface area contributed by atoms with E-state index in [4.69, 9.17) is 0 Å². The Morgan fingerprint density at radius 2 is 1.41 bits per heavy atom. The second-order valence-corrected chi connectivity index (χ2v) is 7.97. The summed E-state index contributed by atoms with van der Waals surface area (Å²) in [5.41, 5.74) is 3.53. The number of amides is 2. The van der Waals surface area contributed by atoms with Crippen LogP contribution in [0.1, 0.15) is 99.9 Å². The van der Waals surface area contributed by atoms with Crippen molar-refractivity contribution in [1.29, 1.82) is 0 Å². The van der Waals surface area contributed by atoms with Crippen molar-refractivity contribution in [2.24, 2.45) is 5.10 Å². The standard InChI is InChI=1S/C25H39N3O4/c1-3-4-5-6-7-8-9-10-11-12-13-14-23(29)26-20-24(30)28-27-19-21-15-17-22(18-16-21)25(31)32-2/h15-19H,3-14,20H2,1-2H3,(H,26,29)(H,28,30). The molecule has 0 saturated carbocycles. The minimum absolute atomic E-state index is 0.102. The summed E-state index contributed by atoms with van der Waals surface area (Å²) < 4.78 is 4.64. The van der Waals surface area contributed by atoms with E-state index >= 15 is 0 Å². The highest BCUT2D eigenvalue weighted by Crippen LogP contribution is 2.11. The molecule has 0 bridgehead atoms.